The van der Waals surface area contributed by atoms with Crippen molar-refractivity contribution in [1.29, 1.82) is 5.41 Å². The summed E-state index contributed by atoms with van der Waals surface area (Å²) in [5.74, 6) is -1.37. The zero-order valence-electron chi connectivity index (χ0n) is 18.7. The fourth-order valence-electron chi connectivity index (χ4n) is 2.96. The first-order valence-corrected chi connectivity index (χ1v) is 9.99. The van der Waals surface area contributed by atoms with Crippen molar-refractivity contribution in [3.63, 3.8) is 0 Å². The van der Waals surface area contributed by atoms with Gasteiger partial charge in [-0.25, -0.2) is 9.37 Å². The summed E-state index contributed by atoms with van der Waals surface area (Å²) in [6, 6.07) is 6.20. The highest BCUT2D eigenvalue weighted by molar-refractivity contribution is 6.05. The molecule has 0 saturated carbocycles. The fourth-order valence-corrected chi connectivity index (χ4v) is 2.96. The van der Waals surface area contributed by atoms with Crippen LogP contribution < -0.4 is 16.2 Å². The molecule has 1 aromatic carbocycles. The summed E-state index contributed by atoms with van der Waals surface area (Å²) in [6.07, 6.45) is 1.57. The molecule has 0 radical (unpaired) electrons. The van der Waals surface area contributed by atoms with Gasteiger partial charge in [0.15, 0.2) is 17.1 Å². The number of methoxy groups -OCH3 is 1. The molecular weight excluding hydrogens is 433 g/mol. The van der Waals surface area contributed by atoms with Crippen molar-refractivity contribution in [3.8, 4) is 0 Å². The second kappa shape index (κ2) is 11.0. The summed E-state index contributed by atoms with van der Waals surface area (Å²) in [7, 11) is 2.82. The maximum Gasteiger partial charge on any atom is 0.323 e. The number of aromatic amines is 1. The lowest BCUT2D eigenvalue weighted by Gasteiger charge is -2.22. The zero-order valence-corrected chi connectivity index (χ0v) is 18.7. The van der Waals surface area contributed by atoms with Crippen LogP contribution in [0, 0.1) is 11.2 Å². The Labute approximate surface area is 189 Å². The summed E-state index contributed by atoms with van der Waals surface area (Å²) in [5.41, 5.74) is -2.76. The molecule has 0 fully saturated rings. The van der Waals surface area contributed by atoms with Crippen molar-refractivity contribution < 1.29 is 23.5 Å². The summed E-state index contributed by atoms with van der Waals surface area (Å²) in [4.78, 5) is 43.6. The Bertz CT molecular complexity index is 1130. The molecule has 1 atom stereocenters. The minimum atomic E-state index is -1.90. The van der Waals surface area contributed by atoms with Crippen molar-refractivity contribution in [1.82, 2.24) is 15.3 Å². The van der Waals surface area contributed by atoms with Crippen LogP contribution in [0.4, 0.5) is 10.2 Å². The molecule has 10 nitrogen and oxygen atoms in total. The van der Waals surface area contributed by atoms with E-state index in [1.165, 1.54) is 33.2 Å². The van der Waals surface area contributed by atoms with Crippen molar-refractivity contribution in [2.24, 2.45) is 0 Å². The Morgan fingerprint density at radius 3 is 2.64 bits per heavy atom. The van der Waals surface area contributed by atoms with Crippen LogP contribution in [0.15, 0.2) is 41.0 Å². The van der Waals surface area contributed by atoms with Gasteiger partial charge < -0.3 is 29.9 Å². The molecule has 0 saturated heterocycles. The van der Waals surface area contributed by atoms with Gasteiger partial charge in [-0.2, -0.15) is 0 Å². The molecule has 2 aromatic rings. The van der Waals surface area contributed by atoms with Crippen molar-refractivity contribution in [3.05, 3.63) is 69.3 Å². The highest BCUT2D eigenvalue weighted by Gasteiger charge is 2.42. The highest BCUT2D eigenvalue weighted by atomic mass is 19.1. The van der Waals surface area contributed by atoms with Crippen LogP contribution in [0.1, 0.15) is 30.8 Å². The Morgan fingerprint density at radius 1 is 1.36 bits per heavy atom. The third kappa shape index (κ3) is 5.62. The smallest absolute Gasteiger partial charge is 0.323 e. The average Bonchev–Trinajstić information content (AvgIpc) is 2.81. The number of carbonyl (C=O) groups excluding carboxylic acids is 2. The summed E-state index contributed by atoms with van der Waals surface area (Å²) in [6.45, 7) is 2.96. The van der Waals surface area contributed by atoms with Crippen LogP contribution >= 0.6 is 0 Å². The molecule has 0 aliphatic rings. The molecule has 1 heterocycles. The van der Waals surface area contributed by atoms with Crippen LogP contribution in [0.25, 0.3) is 0 Å². The van der Waals surface area contributed by atoms with E-state index in [1.807, 2.05) is 0 Å². The van der Waals surface area contributed by atoms with Gasteiger partial charge in [-0.3, -0.25) is 15.0 Å². The van der Waals surface area contributed by atoms with E-state index in [9.17, 15) is 18.8 Å². The van der Waals surface area contributed by atoms with Crippen LogP contribution in [0.3, 0.4) is 0 Å². The highest BCUT2D eigenvalue weighted by Crippen LogP contribution is 2.26. The number of aldehydes is 1. The molecule has 0 bridgehead atoms. The normalized spacial score (nSPS) is 12.9. The minimum Gasteiger partial charge on any atom is -0.482 e. The lowest BCUT2D eigenvalue weighted by molar-refractivity contribution is -0.150. The number of hydrogen-bond donors (Lipinski definition) is 4. The van der Waals surface area contributed by atoms with E-state index >= 15 is 0 Å². The standard InChI is InChI=1S/C22H26FN5O5/c1-5-33-21(31)22(2,12-29)17-19(25-3)27-18(28-20(17)30)15(24)10-16(32-4)26-11-13-8-6-7-9-14(13)23/h6-10,12,24,26H,5,11H2,1-4H3,(H2,25,27,28,30)/b16-10+,24-15?. The number of esters is 1. The van der Waals surface area contributed by atoms with E-state index < -0.39 is 22.8 Å². The molecule has 11 heteroatoms. The second-order valence-corrected chi connectivity index (χ2v) is 7.00. The van der Waals surface area contributed by atoms with E-state index in [2.05, 4.69) is 20.6 Å². The first kappa shape index (κ1) is 25.2. The minimum absolute atomic E-state index is 0.0235. The Kier molecular flexibility index (Phi) is 8.43. The van der Waals surface area contributed by atoms with Gasteiger partial charge in [-0.05, 0) is 19.9 Å². The third-order valence-corrected chi connectivity index (χ3v) is 4.77. The van der Waals surface area contributed by atoms with E-state index in [0.29, 0.717) is 11.8 Å². The van der Waals surface area contributed by atoms with Crippen molar-refractivity contribution >= 4 is 23.8 Å². The van der Waals surface area contributed by atoms with E-state index in [4.69, 9.17) is 14.9 Å². The molecule has 4 N–H and O–H groups in total. The van der Waals surface area contributed by atoms with Gasteiger partial charge in [0.25, 0.3) is 5.56 Å². The predicted octanol–water partition coefficient (Wildman–Crippen LogP) is 1.62. The maximum absolute atomic E-state index is 13.8. The number of rotatable bonds is 11. The number of anilines is 1. The molecule has 0 amide bonds. The van der Waals surface area contributed by atoms with Gasteiger partial charge in [-0.1, -0.05) is 18.2 Å². The molecule has 2 rings (SSSR count). The number of nitrogens with one attached hydrogen (secondary N) is 4. The predicted molar refractivity (Wildman–Crippen MR) is 120 cm³/mol. The second-order valence-electron chi connectivity index (χ2n) is 7.00. The van der Waals surface area contributed by atoms with Crippen LogP contribution in [-0.4, -0.2) is 48.7 Å². The number of aromatic nitrogens is 2. The van der Waals surface area contributed by atoms with Gasteiger partial charge in [0, 0.05) is 25.2 Å². The molecule has 176 valence electrons. The number of H-pyrrole nitrogens is 1. The first-order valence-electron chi connectivity index (χ1n) is 9.99. The molecule has 0 aliphatic carbocycles. The summed E-state index contributed by atoms with van der Waals surface area (Å²) < 4.78 is 23.9. The summed E-state index contributed by atoms with van der Waals surface area (Å²) in [5, 5.41) is 13.8. The van der Waals surface area contributed by atoms with Crippen LogP contribution in [0.2, 0.25) is 0 Å². The lowest BCUT2D eigenvalue weighted by Crippen LogP contribution is -2.42. The first-order chi connectivity index (χ1) is 15.7. The zero-order chi connectivity index (χ0) is 24.6. The molecule has 0 spiro atoms. The maximum atomic E-state index is 13.8. The van der Waals surface area contributed by atoms with Crippen molar-refractivity contribution in [2.45, 2.75) is 25.8 Å². The number of carbonyl (C=O) groups is 2. The van der Waals surface area contributed by atoms with Gasteiger partial charge in [-0.15, -0.1) is 0 Å². The number of nitrogens with zero attached hydrogens (tertiary/aromatic N) is 1. The number of allylic oxidation sites excluding steroid dienone is 1. The van der Waals surface area contributed by atoms with Gasteiger partial charge in [0.2, 0.25) is 0 Å². The largest absolute Gasteiger partial charge is 0.482 e. The fraction of sp³-hybridized carbons (Fsp3) is 0.318. The monoisotopic (exact) mass is 459 g/mol. The van der Waals surface area contributed by atoms with Gasteiger partial charge >= 0.3 is 5.97 Å². The average molecular weight is 459 g/mol. The number of benzene rings is 1. The Morgan fingerprint density at radius 2 is 2.06 bits per heavy atom. The van der Waals surface area contributed by atoms with Gasteiger partial charge in [0.05, 0.1) is 19.3 Å². The number of hydrogen-bond acceptors (Lipinski definition) is 9. The molecular formula is C22H26FN5O5. The summed E-state index contributed by atoms with van der Waals surface area (Å²) >= 11 is 0. The molecule has 1 unspecified atom stereocenters. The van der Waals surface area contributed by atoms with Gasteiger partial charge in [0.1, 0.15) is 23.6 Å². The quantitative estimate of drug-likeness (QED) is 0.130. The number of halogens is 1. The topological polar surface area (TPSA) is 146 Å². The Balaban J connectivity index is 2.38. The molecule has 33 heavy (non-hydrogen) atoms. The lowest BCUT2D eigenvalue weighted by atomic mass is 9.84. The number of ether oxygens (including phenoxy) is 2. The van der Waals surface area contributed by atoms with E-state index in [0.717, 1.165) is 0 Å². The van der Waals surface area contributed by atoms with E-state index in [-0.39, 0.29) is 42.0 Å². The van der Waals surface area contributed by atoms with Crippen LogP contribution in [-0.2, 0) is 31.0 Å². The SMILES string of the molecule is CCOC(=O)C(C)(C=O)c1c(NC)nc(C(=N)/C=C(\NCc2ccccc2F)OC)[nH]c1=O. The van der Waals surface area contributed by atoms with Crippen molar-refractivity contribution in [2.75, 3.05) is 26.1 Å². The van der Waals surface area contributed by atoms with E-state index in [1.54, 1.807) is 25.1 Å². The third-order valence-electron chi connectivity index (χ3n) is 4.77. The molecule has 0 aliphatic heterocycles. The van der Waals surface area contributed by atoms with Crippen LogP contribution in [0.5, 0.6) is 0 Å². The molecule has 1 aromatic heterocycles. The Hall–Kier alpha value is -4.02.